The van der Waals surface area contributed by atoms with Gasteiger partial charge in [-0.3, -0.25) is 9.21 Å². The molecule has 1 aliphatic carbocycles. The maximum atomic E-state index is 14.0. The second kappa shape index (κ2) is 8.34. The summed E-state index contributed by atoms with van der Waals surface area (Å²) in [4.78, 5) is 8.51. The normalized spacial score (nSPS) is 29.0. The highest BCUT2D eigenvalue weighted by Crippen LogP contribution is 2.44. The molecule has 9 heteroatoms. The van der Waals surface area contributed by atoms with E-state index in [2.05, 4.69) is 16.8 Å². The van der Waals surface area contributed by atoms with Gasteiger partial charge in [-0.05, 0) is 50.3 Å². The smallest absolute Gasteiger partial charge is 0.295 e. The summed E-state index contributed by atoms with van der Waals surface area (Å²) < 4.78 is 43.3. The molecule has 32 heavy (non-hydrogen) atoms. The molecule has 0 unspecified atom stereocenters. The number of benzene rings is 1. The standard InChI is InChI=1S/C23H31FN4O2S2/c1-17-13-23(15-26(2)32(29,30)28(23)20-8-4-7-19(24)12-20)9-10-27(17)14-21-22(31-16-25-21)11-18-5-3-6-18/h4,7-8,12,16-18H,3,5-6,9-11,13-15H2,1-2H3/t17-,23+/m0/s1. The summed E-state index contributed by atoms with van der Waals surface area (Å²) in [6.07, 6.45) is 6.57. The van der Waals surface area contributed by atoms with Crippen molar-refractivity contribution in [3.05, 3.63) is 46.2 Å². The number of anilines is 1. The summed E-state index contributed by atoms with van der Waals surface area (Å²) in [5.41, 5.74) is 3.00. The van der Waals surface area contributed by atoms with E-state index in [4.69, 9.17) is 0 Å². The van der Waals surface area contributed by atoms with Gasteiger partial charge in [-0.2, -0.15) is 12.7 Å². The van der Waals surface area contributed by atoms with Gasteiger partial charge in [0.15, 0.2) is 0 Å². The summed E-state index contributed by atoms with van der Waals surface area (Å²) in [6, 6.07) is 6.15. The molecule has 6 nitrogen and oxygen atoms in total. The molecule has 2 saturated heterocycles. The predicted octanol–water partition coefficient (Wildman–Crippen LogP) is 4.04. The molecule has 1 aromatic carbocycles. The van der Waals surface area contributed by atoms with E-state index in [1.165, 1.54) is 50.6 Å². The van der Waals surface area contributed by atoms with Gasteiger partial charge in [0.05, 0.1) is 22.4 Å². The van der Waals surface area contributed by atoms with Crippen molar-refractivity contribution in [3.8, 4) is 0 Å². The van der Waals surface area contributed by atoms with Gasteiger partial charge in [0.1, 0.15) is 5.82 Å². The summed E-state index contributed by atoms with van der Waals surface area (Å²) in [6.45, 7) is 4.20. The van der Waals surface area contributed by atoms with Crippen LogP contribution in [-0.2, 0) is 23.2 Å². The molecule has 2 atom stereocenters. The molecule has 0 N–H and O–H groups in total. The fourth-order valence-corrected chi connectivity index (χ4v) is 8.28. The number of rotatable bonds is 5. The Morgan fingerprint density at radius 1 is 1.31 bits per heavy atom. The lowest BCUT2D eigenvalue weighted by Gasteiger charge is -2.47. The molecule has 3 fully saturated rings. The van der Waals surface area contributed by atoms with Gasteiger partial charge in [-0.15, -0.1) is 11.3 Å². The Kier molecular flexibility index (Phi) is 5.80. The molecule has 2 aliphatic heterocycles. The third-order valence-electron chi connectivity index (χ3n) is 7.56. The minimum absolute atomic E-state index is 0.194. The molecule has 0 amide bonds. The summed E-state index contributed by atoms with van der Waals surface area (Å²) in [5, 5.41) is 0. The quantitative estimate of drug-likeness (QED) is 0.651. The van der Waals surface area contributed by atoms with Gasteiger partial charge in [-0.1, -0.05) is 25.3 Å². The number of piperidine rings is 1. The van der Waals surface area contributed by atoms with E-state index in [1.807, 2.05) is 5.51 Å². The first-order valence-electron chi connectivity index (χ1n) is 11.5. The van der Waals surface area contributed by atoms with Crippen LogP contribution in [0.4, 0.5) is 10.1 Å². The van der Waals surface area contributed by atoms with Gasteiger partial charge in [-0.25, -0.2) is 9.37 Å². The van der Waals surface area contributed by atoms with Gasteiger partial charge < -0.3 is 0 Å². The van der Waals surface area contributed by atoms with Gasteiger partial charge in [0.25, 0.3) is 0 Å². The van der Waals surface area contributed by atoms with Crippen molar-refractivity contribution in [3.63, 3.8) is 0 Å². The lowest BCUT2D eigenvalue weighted by Crippen LogP contribution is -2.57. The number of likely N-dealkylation sites (N-methyl/N-ethyl adjacent to an activating group) is 1. The van der Waals surface area contributed by atoms with E-state index in [1.54, 1.807) is 30.5 Å². The Morgan fingerprint density at radius 3 is 2.81 bits per heavy atom. The van der Waals surface area contributed by atoms with Crippen LogP contribution in [0, 0.1) is 11.7 Å². The molecule has 174 valence electrons. The van der Waals surface area contributed by atoms with E-state index >= 15 is 0 Å². The molecule has 1 aromatic heterocycles. The van der Waals surface area contributed by atoms with Crippen LogP contribution < -0.4 is 4.31 Å². The second-order valence-corrected chi connectivity index (χ2v) is 12.6. The Hall–Kier alpha value is -1.55. The van der Waals surface area contributed by atoms with Gasteiger partial charge in [0.2, 0.25) is 0 Å². The van der Waals surface area contributed by atoms with E-state index in [0.717, 1.165) is 25.4 Å². The molecule has 5 rings (SSSR count). The fourth-order valence-electron chi connectivity index (χ4n) is 5.61. The fraction of sp³-hybridized carbons (Fsp3) is 0.609. The van der Waals surface area contributed by atoms with Gasteiger partial charge >= 0.3 is 10.2 Å². The zero-order valence-electron chi connectivity index (χ0n) is 18.7. The molecule has 1 saturated carbocycles. The van der Waals surface area contributed by atoms with Crippen LogP contribution in [0.5, 0.6) is 0 Å². The summed E-state index contributed by atoms with van der Waals surface area (Å²) in [5.74, 6) is 0.394. The largest absolute Gasteiger partial charge is 0.304 e. The van der Waals surface area contributed by atoms with Crippen molar-refractivity contribution in [2.75, 3.05) is 24.4 Å². The molecule has 2 aromatic rings. The minimum Gasteiger partial charge on any atom is -0.295 e. The topological polar surface area (TPSA) is 56.8 Å². The second-order valence-electron chi connectivity index (χ2n) is 9.73. The average Bonchev–Trinajstić information content (AvgIpc) is 3.20. The molecule has 3 aliphatic rings. The van der Waals surface area contributed by atoms with E-state index in [9.17, 15) is 12.8 Å². The average molecular weight is 479 g/mol. The first-order valence-corrected chi connectivity index (χ1v) is 13.7. The number of hydrogen-bond acceptors (Lipinski definition) is 5. The highest BCUT2D eigenvalue weighted by Gasteiger charge is 2.55. The van der Waals surface area contributed by atoms with Crippen molar-refractivity contribution in [1.82, 2.24) is 14.2 Å². The van der Waals surface area contributed by atoms with Crippen LogP contribution in [0.3, 0.4) is 0 Å². The maximum absolute atomic E-state index is 14.0. The van der Waals surface area contributed by atoms with Gasteiger partial charge in [0, 0.05) is 37.6 Å². The van der Waals surface area contributed by atoms with Crippen LogP contribution in [-0.4, -0.2) is 54.3 Å². The molecule has 3 heterocycles. The van der Waals surface area contributed by atoms with Crippen molar-refractivity contribution < 1.29 is 12.8 Å². The Bertz CT molecular complexity index is 1090. The van der Waals surface area contributed by atoms with Crippen LogP contribution >= 0.6 is 11.3 Å². The van der Waals surface area contributed by atoms with Crippen molar-refractivity contribution in [2.24, 2.45) is 5.92 Å². The molecule has 0 bridgehead atoms. The van der Waals surface area contributed by atoms with E-state index in [0.29, 0.717) is 25.1 Å². The van der Waals surface area contributed by atoms with Crippen molar-refractivity contribution in [2.45, 2.75) is 63.6 Å². The lowest BCUT2D eigenvalue weighted by atomic mass is 9.82. The number of nitrogens with zero attached hydrogens (tertiary/aromatic N) is 4. The number of halogens is 1. The lowest BCUT2D eigenvalue weighted by molar-refractivity contribution is 0.0990. The molecule has 1 spiro atoms. The first-order chi connectivity index (χ1) is 15.3. The third-order valence-corrected chi connectivity index (χ3v) is 10.4. The SMILES string of the molecule is C[C@H]1C[C@]2(CCN1Cc1ncsc1CC1CCC1)CN(C)S(=O)(=O)N2c1cccc(F)c1. The molecular formula is C23H31FN4O2S2. The Labute approximate surface area is 194 Å². The molecular weight excluding hydrogens is 447 g/mol. The van der Waals surface area contributed by atoms with E-state index < -0.39 is 21.6 Å². The number of likely N-dealkylation sites (tertiary alicyclic amines) is 1. The maximum Gasteiger partial charge on any atom is 0.304 e. The minimum atomic E-state index is -3.68. The highest BCUT2D eigenvalue weighted by molar-refractivity contribution is 7.90. The van der Waals surface area contributed by atoms with Crippen molar-refractivity contribution in [1.29, 1.82) is 0 Å². The zero-order chi connectivity index (χ0) is 22.5. The third kappa shape index (κ3) is 3.87. The molecule has 0 radical (unpaired) electrons. The Balaban J connectivity index is 1.36. The Morgan fingerprint density at radius 2 is 2.12 bits per heavy atom. The summed E-state index contributed by atoms with van der Waals surface area (Å²) in [7, 11) is -2.06. The highest BCUT2D eigenvalue weighted by atomic mass is 32.2. The van der Waals surface area contributed by atoms with E-state index in [-0.39, 0.29) is 6.04 Å². The predicted molar refractivity (Wildman–Crippen MR) is 125 cm³/mol. The number of hydrogen-bond donors (Lipinski definition) is 0. The number of thiazole rings is 1. The van der Waals surface area contributed by atoms with Crippen molar-refractivity contribution >= 4 is 27.2 Å². The zero-order valence-corrected chi connectivity index (χ0v) is 20.3. The van der Waals surface area contributed by atoms with Crippen LogP contribution in [0.1, 0.15) is 49.6 Å². The van der Waals surface area contributed by atoms with Crippen LogP contribution in [0.25, 0.3) is 0 Å². The number of aromatic nitrogens is 1. The first kappa shape index (κ1) is 22.3. The van der Waals surface area contributed by atoms with Crippen LogP contribution in [0.15, 0.2) is 29.8 Å². The van der Waals surface area contributed by atoms with Crippen LogP contribution in [0.2, 0.25) is 0 Å². The summed E-state index contributed by atoms with van der Waals surface area (Å²) >= 11 is 1.77. The monoisotopic (exact) mass is 478 g/mol.